The standard InChI is InChI=1S/C11H21NO2/c1-13-6-5-12-7-9-3-4-10(8-12)11(9)14-2/h9-11H,3-8H2,1-2H3. The van der Waals surface area contributed by atoms with Crippen LogP contribution in [-0.4, -0.2) is 51.5 Å². The summed E-state index contributed by atoms with van der Waals surface area (Å²) in [5.41, 5.74) is 0. The Morgan fingerprint density at radius 2 is 1.79 bits per heavy atom. The van der Waals surface area contributed by atoms with E-state index in [1.54, 1.807) is 7.11 Å². The van der Waals surface area contributed by atoms with Gasteiger partial charge in [-0.3, -0.25) is 0 Å². The molecule has 2 aliphatic rings. The van der Waals surface area contributed by atoms with E-state index in [1.807, 2.05) is 7.11 Å². The van der Waals surface area contributed by atoms with E-state index in [2.05, 4.69) is 4.90 Å². The minimum Gasteiger partial charge on any atom is -0.383 e. The van der Waals surface area contributed by atoms with Gasteiger partial charge in [-0.15, -0.1) is 0 Å². The van der Waals surface area contributed by atoms with Crippen molar-refractivity contribution in [3.05, 3.63) is 0 Å². The minimum atomic E-state index is 0.536. The van der Waals surface area contributed by atoms with Crippen molar-refractivity contribution in [3.8, 4) is 0 Å². The van der Waals surface area contributed by atoms with Gasteiger partial charge in [-0.05, 0) is 24.7 Å². The summed E-state index contributed by atoms with van der Waals surface area (Å²) in [4.78, 5) is 2.53. The molecule has 2 unspecified atom stereocenters. The van der Waals surface area contributed by atoms with Crippen molar-refractivity contribution in [1.82, 2.24) is 4.90 Å². The number of likely N-dealkylation sites (tertiary alicyclic amines) is 1. The molecule has 0 aromatic carbocycles. The lowest BCUT2D eigenvalue weighted by molar-refractivity contribution is -0.0206. The summed E-state index contributed by atoms with van der Waals surface area (Å²) in [7, 11) is 3.64. The van der Waals surface area contributed by atoms with Crippen molar-refractivity contribution in [1.29, 1.82) is 0 Å². The maximum Gasteiger partial charge on any atom is 0.0652 e. The summed E-state index contributed by atoms with van der Waals surface area (Å²) in [6.07, 6.45) is 3.24. The highest BCUT2D eigenvalue weighted by Crippen LogP contribution is 2.38. The lowest BCUT2D eigenvalue weighted by Gasteiger charge is -2.37. The summed E-state index contributed by atoms with van der Waals surface area (Å²) in [5, 5.41) is 0. The Bertz CT molecular complexity index is 172. The van der Waals surface area contributed by atoms with Gasteiger partial charge in [0.25, 0.3) is 0 Å². The second-order valence-corrected chi connectivity index (χ2v) is 4.55. The summed E-state index contributed by atoms with van der Waals surface area (Å²) >= 11 is 0. The van der Waals surface area contributed by atoms with Gasteiger partial charge in [-0.25, -0.2) is 0 Å². The molecule has 0 aromatic rings. The molecule has 0 spiro atoms. The second kappa shape index (κ2) is 4.60. The fourth-order valence-electron chi connectivity index (χ4n) is 3.06. The molecule has 2 rings (SSSR count). The van der Waals surface area contributed by atoms with Crippen molar-refractivity contribution < 1.29 is 9.47 Å². The Hall–Kier alpha value is -0.120. The Morgan fingerprint density at radius 3 is 2.29 bits per heavy atom. The van der Waals surface area contributed by atoms with Gasteiger partial charge >= 0.3 is 0 Å². The maximum absolute atomic E-state index is 5.57. The van der Waals surface area contributed by atoms with E-state index in [0.29, 0.717) is 6.10 Å². The highest BCUT2D eigenvalue weighted by atomic mass is 16.5. The Labute approximate surface area is 86.4 Å². The van der Waals surface area contributed by atoms with Crippen LogP contribution in [-0.2, 0) is 9.47 Å². The zero-order chi connectivity index (χ0) is 9.97. The third-order valence-corrected chi connectivity index (χ3v) is 3.71. The van der Waals surface area contributed by atoms with Gasteiger partial charge in [-0.2, -0.15) is 0 Å². The molecule has 1 aliphatic heterocycles. The first kappa shape index (κ1) is 10.4. The van der Waals surface area contributed by atoms with Crippen LogP contribution in [0.3, 0.4) is 0 Å². The van der Waals surface area contributed by atoms with E-state index < -0.39 is 0 Å². The molecule has 1 saturated heterocycles. The average molecular weight is 199 g/mol. The molecule has 0 N–H and O–H groups in total. The van der Waals surface area contributed by atoms with Crippen LogP contribution in [0.15, 0.2) is 0 Å². The van der Waals surface area contributed by atoms with Crippen molar-refractivity contribution in [2.45, 2.75) is 18.9 Å². The van der Waals surface area contributed by atoms with Crippen molar-refractivity contribution >= 4 is 0 Å². The van der Waals surface area contributed by atoms with E-state index in [1.165, 1.54) is 25.9 Å². The van der Waals surface area contributed by atoms with Gasteiger partial charge in [0.2, 0.25) is 0 Å². The topological polar surface area (TPSA) is 21.7 Å². The summed E-state index contributed by atoms with van der Waals surface area (Å²) in [5.74, 6) is 1.55. The lowest BCUT2D eigenvalue weighted by Crippen LogP contribution is -2.46. The van der Waals surface area contributed by atoms with Gasteiger partial charge in [0.1, 0.15) is 0 Å². The van der Waals surface area contributed by atoms with E-state index in [-0.39, 0.29) is 0 Å². The fraction of sp³-hybridized carbons (Fsp3) is 1.00. The van der Waals surface area contributed by atoms with Crippen LogP contribution in [0.25, 0.3) is 0 Å². The van der Waals surface area contributed by atoms with Gasteiger partial charge in [0.05, 0.1) is 12.7 Å². The molecule has 3 nitrogen and oxygen atoms in total. The summed E-state index contributed by atoms with van der Waals surface area (Å²) in [6.45, 7) is 4.35. The molecule has 14 heavy (non-hydrogen) atoms. The summed E-state index contributed by atoms with van der Waals surface area (Å²) < 4.78 is 10.7. The smallest absolute Gasteiger partial charge is 0.0652 e. The number of hydrogen-bond acceptors (Lipinski definition) is 3. The number of fused-ring (bicyclic) bond motifs is 2. The third-order valence-electron chi connectivity index (χ3n) is 3.71. The van der Waals surface area contributed by atoms with Crippen molar-refractivity contribution in [3.63, 3.8) is 0 Å². The van der Waals surface area contributed by atoms with Crippen LogP contribution in [0.2, 0.25) is 0 Å². The number of ether oxygens (including phenoxy) is 2. The molecule has 0 amide bonds. The average Bonchev–Trinajstić information content (AvgIpc) is 2.45. The molecular formula is C11H21NO2. The Kier molecular flexibility index (Phi) is 3.42. The highest BCUT2D eigenvalue weighted by Gasteiger charge is 2.41. The van der Waals surface area contributed by atoms with Crippen LogP contribution in [0.5, 0.6) is 0 Å². The van der Waals surface area contributed by atoms with Crippen LogP contribution < -0.4 is 0 Å². The maximum atomic E-state index is 5.57. The van der Waals surface area contributed by atoms with Crippen LogP contribution in [0.4, 0.5) is 0 Å². The molecule has 1 saturated carbocycles. The Balaban J connectivity index is 1.86. The van der Waals surface area contributed by atoms with E-state index in [4.69, 9.17) is 9.47 Å². The normalized spacial score (nSPS) is 37.7. The summed E-state index contributed by atoms with van der Waals surface area (Å²) in [6, 6.07) is 0. The first-order valence-electron chi connectivity index (χ1n) is 5.59. The highest BCUT2D eigenvalue weighted by molar-refractivity contribution is 4.93. The number of nitrogens with zero attached hydrogens (tertiary/aromatic N) is 1. The number of piperidine rings is 1. The van der Waals surface area contributed by atoms with E-state index in [0.717, 1.165) is 25.0 Å². The largest absolute Gasteiger partial charge is 0.383 e. The molecule has 2 fully saturated rings. The van der Waals surface area contributed by atoms with E-state index >= 15 is 0 Å². The van der Waals surface area contributed by atoms with Crippen LogP contribution in [0.1, 0.15) is 12.8 Å². The number of rotatable bonds is 4. The molecule has 0 radical (unpaired) electrons. The van der Waals surface area contributed by atoms with Crippen molar-refractivity contribution in [2.24, 2.45) is 11.8 Å². The molecule has 3 heteroatoms. The molecule has 1 heterocycles. The van der Waals surface area contributed by atoms with Crippen molar-refractivity contribution in [2.75, 3.05) is 40.5 Å². The molecule has 0 aromatic heterocycles. The molecular weight excluding hydrogens is 178 g/mol. The molecule has 82 valence electrons. The predicted molar refractivity (Wildman–Crippen MR) is 55.3 cm³/mol. The third kappa shape index (κ3) is 1.95. The zero-order valence-corrected chi connectivity index (χ0v) is 9.24. The SMILES string of the molecule is COCCN1CC2CCC(C1)C2OC. The van der Waals surface area contributed by atoms with Gasteiger partial charge in [0, 0.05) is 33.9 Å². The Morgan fingerprint density at radius 1 is 1.14 bits per heavy atom. The quantitative estimate of drug-likeness (QED) is 0.674. The van der Waals surface area contributed by atoms with Gasteiger partial charge in [0.15, 0.2) is 0 Å². The monoisotopic (exact) mass is 199 g/mol. The second-order valence-electron chi connectivity index (χ2n) is 4.55. The number of hydrogen-bond donors (Lipinski definition) is 0. The molecule has 1 aliphatic carbocycles. The first-order chi connectivity index (χ1) is 6.85. The van der Waals surface area contributed by atoms with Gasteiger partial charge < -0.3 is 14.4 Å². The van der Waals surface area contributed by atoms with E-state index in [9.17, 15) is 0 Å². The first-order valence-corrected chi connectivity index (χ1v) is 5.59. The number of methoxy groups -OCH3 is 2. The van der Waals surface area contributed by atoms with Crippen LogP contribution in [0, 0.1) is 11.8 Å². The zero-order valence-electron chi connectivity index (χ0n) is 9.24. The minimum absolute atomic E-state index is 0.536. The molecule has 2 atom stereocenters. The molecule has 2 bridgehead atoms. The fourth-order valence-corrected chi connectivity index (χ4v) is 3.06. The predicted octanol–water partition coefficient (Wildman–Crippen LogP) is 0.990. The van der Waals surface area contributed by atoms with Crippen LogP contribution >= 0.6 is 0 Å². The lowest BCUT2D eigenvalue weighted by atomic mass is 9.95. The van der Waals surface area contributed by atoms with Gasteiger partial charge in [-0.1, -0.05) is 0 Å².